The van der Waals surface area contributed by atoms with Crippen LogP contribution in [-0.2, 0) is 14.8 Å². The van der Waals surface area contributed by atoms with Crippen molar-refractivity contribution in [1.82, 2.24) is 4.90 Å². The maximum atomic E-state index is 13.4. The van der Waals surface area contributed by atoms with Gasteiger partial charge in [0, 0.05) is 6.54 Å². The van der Waals surface area contributed by atoms with E-state index >= 15 is 0 Å². The lowest BCUT2D eigenvalue weighted by atomic mass is 10.2. The molecule has 0 aliphatic carbocycles. The van der Waals surface area contributed by atoms with E-state index in [1.165, 1.54) is 0 Å². The lowest BCUT2D eigenvalue weighted by Gasteiger charge is -2.24. The van der Waals surface area contributed by atoms with Gasteiger partial charge in [0.05, 0.1) is 6.54 Å². The molecule has 100 valence electrons. The summed E-state index contributed by atoms with van der Waals surface area (Å²) in [7, 11) is -3.99. The fourth-order valence-corrected chi connectivity index (χ4v) is 2.40. The molecule has 0 bridgehead atoms. The van der Waals surface area contributed by atoms with Gasteiger partial charge in [-0.1, -0.05) is 0 Å². The zero-order chi connectivity index (χ0) is 13.4. The van der Waals surface area contributed by atoms with Crippen LogP contribution >= 0.6 is 0 Å². The minimum absolute atomic E-state index is 0.269. The number of primary sulfonamides is 1. The molecule has 1 heterocycles. The van der Waals surface area contributed by atoms with Crippen LogP contribution in [0.1, 0.15) is 20.8 Å². The number of nitrogens with zero attached hydrogens (tertiary/aromatic N) is 1. The van der Waals surface area contributed by atoms with Gasteiger partial charge >= 0.3 is 6.09 Å². The molecule has 1 saturated heterocycles. The van der Waals surface area contributed by atoms with E-state index in [0.717, 1.165) is 4.90 Å². The van der Waals surface area contributed by atoms with Gasteiger partial charge in [-0.3, -0.25) is 0 Å². The highest BCUT2D eigenvalue weighted by molar-refractivity contribution is 7.89. The fourth-order valence-electron chi connectivity index (χ4n) is 1.52. The molecule has 0 radical (unpaired) electrons. The largest absolute Gasteiger partial charge is 0.444 e. The van der Waals surface area contributed by atoms with Crippen molar-refractivity contribution in [3.05, 3.63) is 0 Å². The summed E-state index contributed by atoms with van der Waals surface area (Å²) < 4.78 is 40.5. The van der Waals surface area contributed by atoms with Crippen LogP contribution < -0.4 is 5.14 Å². The minimum Gasteiger partial charge on any atom is -0.444 e. The van der Waals surface area contributed by atoms with Crippen molar-refractivity contribution in [2.24, 2.45) is 5.14 Å². The maximum Gasteiger partial charge on any atom is 0.410 e. The number of nitrogens with two attached hydrogens (primary N) is 1. The second-order valence-corrected chi connectivity index (χ2v) is 6.81. The average Bonchev–Trinajstić information content (AvgIpc) is 2.42. The average molecular weight is 268 g/mol. The highest BCUT2D eigenvalue weighted by Gasteiger charge is 2.43. The summed E-state index contributed by atoms with van der Waals surface area (Å²) in [4.78, 5) is 12.6. The lowest BCUT2D eigenvalue weighted by Crippen LogP contribution is -2.38. The van der Waals surface area contributed by atoms with Gasteiger partial charge in [0.2, 0.25) is 10.0 Å². The molecule has 2 N–H and O–H groups in total. The van der Waals surface area contributed by atoms with Crippen LogP contribution in [0.25, 0.3) is 0 Å². The quantitative estimate of drug-likeness (QED) is 0.737. The molecule has 1 aliphatic rings. The molecule has 0 aromatic rings. The number of sulfonamides is 1. The van der Waals surface area contributed by atoms with E-state index in [9.17, 15) is 17.6 Å². The Balaban J connectivity index is 2.70. The normalized spacial score (nSPS) is 26.1. The number of hydrogen-bond donors (Lipinski definition) is 1. The zero-order valence-corrected chi connectivity index (χ0v) is 10.8. The van der Waals surface area contributed by atoms with Crippen molar-refractivity contribution >= 4 is 16.1 Å². The van der Waals surface area contributed by atoms with Crippen molar-refractivity contribution in [1.29, 1.82) is 0 Å². The van der Waals surface area contributed by atoms with Crippen molar-refractivity contribution in [3.63, 3.8) is 0 Å². The van der Waals surface area contributed by atoms with Gasteiger partial charge in [-0.05, 0) is 20.8 Å². The van der Waals surface area contributed by atoms with Crippen LogP contribution in [0.2, 0.25) is 0 Å². The van der Waals surface area contributed by atoms with Crippen molar-refractivity contribution < 1.29 is 22.3 Å². The molecule has 1 fully saturated rings. The van der Waals surface area contributed by atoms with Crippen LogP contribution in [0.3, 0.4) is 0 Å². The Labute approximate surface area is 100.0 Å². The fraction of sp³-hybridized carbons (Fsp3) is 0.889. The number of rotatable bonds is 1. The van der Waals surface area contributed by atoms with E-state index in [1.807, 2.05) is 0 Å². The first kappa shape index (κ1) is 14.2. The Morgan fingerprint density at radius 3 is 2.29 bits per heavy atom. The van der Waals surface area contributed by atoms with E-state index in [2.05, 4.69) is 0 Å². The monoisotopic (exact) mass is 268 g/mol. The second kappa shape index (κ2) is 4.41. The SMILES string of the molecule is CC(C)(C)OC(=O)N1C[C@@H](F)[C@@H](S(N)(=O)=O)C1. The first-order valence-electron chi connectivity index (χ1n) is 5.14. The van der Waals surface area contributed by atoms with Crippen molar-refractivity contribution in [2.45, 2.75) is 37.8 Å². The first-order valence-corrected chi connectivity index (χ1v) is 6.75. The standard InChI is InChI=1S/C9H17FN2O4S/c1-9(2,3)16-8(13)12-4-6(10)7(5-12)17(11,14)15/h6-7H,4-5H2,1-3H3,(H2,11,14,15)/t6-,7+/m1/s1. The number of carbonyl (C=O) groups excluding carboxylic acids is 1. The highest BCUT2D eigenvalue weighted by atomic mass is 32.2. The van der Waals surface area contributed by atoms with Gasteiger partial charge in [-0.25, -0.2) is 22.7 Å². The molecule has 6 nitrogen and oxygen atoms in total. The van der Waals surface area contributed by atoms with Crippen LogP contribution in [-0.4, -0.2) is 49.5 Å². The van der Waals surface area contributed by atoms with Gasteiger partial charge in [0.1, 0.15) is 17.0 Å². The van der Waals surface area contributed by atoms with Crippen LogP contribution in [0.15, 0.2) is 0 Å². The maximum absolute atomic E-state index is 13.4. The van der Waals surface area contributed by atoms with Crippen molar-refractivity contribution in [2.75, 3.05) is 13.1 Å². The number of halogens is 1. The Morgan fingerprint density at radius 1 is 1.41 bits per heavy atom. The molecule has 8 heteroatoms. The molecule has 0 aromatic heterocycles. The number of likely N-dealkylation sites (tertiary alicyclic amines) is 1. The molecule has 2 atom stereocenters. The summed E-state index contributed by atoms with van der Waals surface area (Å²) in [5.74, 6) is 0. The molecule has 1 rings (SSSR count). The summed E-state index contributed by atoms with van der Waals surface area (Å²) in [5, 5.41) is 3.51. The van der Waals surface area contributed by atoms with E-state index < -0.39 is 33.1 Å². The molecule has 1 amide bonds. The number of carbonyl (C=O) groups is 1. The number of amides is 1. The summed E-state index contributed by atoms with van der Waals surface area (Å²) in [5.41, 5.74) is -0.706. The van der Waals surface area contributed by atoms with E-state index in [-0.39, 0.29) is 13.1 Å². The van der Waals surface area contributed by atoms with Crippen LogP contribution in [0.4, 0.5) is 9.18 Å². The lowest BCUT2D eigenvalue weighted by molar-refractivity contribution is 0.0284. The smallest absolute Gasteiger partial charge is 0.410 e. The zero-order valence-electron chi connectivity index (χ0n) is 10.0. The number of alkyl halides is 1. The highest BCUT2D eigenvalue weighted by Crippen LogP contribution is 2.21. The number of ether oxygens (including phenoxy) is 1. The predicted molar refractivity (Wildman–Crippen MR) is 59.6 cm³/mol. The molecule has 0 spiro atoms. The minimum atomic E-state index is -3.99. The summed E-state index contributed by atoms with van der Waals surface area (Å²) in [6.07, 6.45) is -2.40. The second-order valence-electron chi connectivity index (χ2n) is 5.03. The third-order valence-corrected chi connectivity index (χ3v) is 3.56. The molecule has 17 heavy (non-hydrogen) atoms. The van der Waals surface area contributed by atoms with Gasteiger partial charge in [-0.15, -0.1) is 0 Å². The van der Waals surface area contributed by atoms with Gasteiger partial charge in [0.25, 0.3) is 0 Å². The van der Waals surface area contributed by atoms with Gasteiger partial charge in [0.15, 0.2) is 0 Å². The van der Waals surface area contributed by atoms with Crippen LogP contribution in [0, 0.1) is 0 Å². The third kappa shape index (κ3) is 3.81. The molecule has 0 saturated carbocycles. The first-order chi connectivity index (χ1) is 7.50. The molecular formula is C9H17FN2O4S. The molecule has 1 aliphatic heterocycles. The Bertz CT molecular complexity index is 404. The van der Waals surface area contributed by atoms with E-state index in [1.54, 1.807) is 20.8 Å². The van der Waals surface area contributed by atoms with E-state index in [0.29, 0.717) is 0 Å². The number of hydrogen-bond acceptors (Lipinski definition) is 4. The summed E-state index contributed by atoms with van der Waals surface area (Å²) in [6, 6.07) is 0. The van der Waals surface area contributed by atoms with Crippen LogP contribution in [0.5, 0.6) is 0 Å². The van der Waals surface area contributed by atoms with Crippen molar-refractivity contribution in [3.8, 4) is 0 Å². The van der Waals surface area contributed by atoms with Gasteiger partial charge in [-0.2, -0.15) is 0 Å². The van der Waals surface area contributed by atoms with E-state index in [4.69, 9.17) is 9.88 Å². The molecule has 0 aromatic carbocycles. The Kier molecular flexibility index (Phi) is 3.68. The summed E-state index contributed by atoms with van der Waals surface area (Å²) in [6.45, 7) is 4.44. The topological polar surface area (TPSA) is 89.7 Å². The Morgan fingerprint density at radius 2 is 1.94 bits per heavy atom. The van der Waals surface area contributed by atoms with Gasteiger partial charge < -0.3 is 9.64 Å². The summed E-state index contributed by atoms with van der Waals surface area (Å²) >= 11 is 0. The molecule has 0 unspecified atom stereocenters. The molecular weight excluding hydrogens is 251 g/mol. The predicted octanol–water partition coefficient (Wildman–Crippen LogP) is 0.232. The third-order valence-electron chi connectivity index (χ3n) is 2.27. The Hall–Kier alpha value is -0.890.